The Labute approximate surface area is 101 Å². The molecule has 0 saturated heterocycles. The van der Waals surface area contributed by atoms with Crippen molar-refractivity contribution in [2.45, 2.75) is 39.3 Å². The zero-order chi connectivity index (χ0) is 12.4. The lowest BCUT2D eigenvalue weighted by molar-refractivity contribution is 0.0922. The number of amides is 1. The van der Waals surface area contributed by atoms with Crippen molar-refractivity contribution >= 4 is 5.91 Å². The maximum absolute atomic E-state index is 12.1. The van der Waals surface area contributed by atoms with Crippen LogP contribution in [0, 0.1) is 12.8 Å². The van der Waals surface area contributed by atoms with Crippen molar-refractivity contribution in [3.63, 3.8) is 0 Å². The van der Waals surface area contributed by atoms with Crippen LogP contribution in [0.2, 0.25) is 0 Å². The van der Waals surface area contributed by atoms with Crippen molar-refractivity contribution in [3.8, 4) is 0 Å². The van der Waals surface area contributed by atoms with Crippen LogP contribution in [0.4, 0.5) is 0 Å². The van der Waals surface area contributed by atoms with E-state index >= 15 is 0 Å². The summed E-state index contributed by atoms with van der Waals surface area (Å²) in [5, 5.41) is 7.28. The second-order valence-electron chi connectivity index (χ2n) is 4.64. The van der Waals surface area contributed by atoms with Gasteiger partial charge in [0.25, 0.3) is 5.91 Å². The minimum atomic E-state index is -0.0604. The van der Waals surface area contributed by atoms with E-state index in [9.17, 15) is 4.79 Å². The molecule has 0 aromatic carbocycles. The normalized spacial score (nSPS) is 16.9. The van der Waals surface area contributed by atoms with E-state index in [-0.39, 0.29) is 11.9 Å². The van der Waals surface area contributed by atoms with Crippen molar-refractivity contribution in [1.82, 2.24) is 15.1 Å². The van der Waals surface area contributed by atoms with Crippen molar-refractivity contribution in [3.05, 3.63) is 17.5 Å². The third kappa shape index (κ3) is 2.66. The Balaban J connectivity index is 2.07. The smallest absolute Gasteiger partial charge is 0.269 e. The summed E-state index contributed by atoms with van der Waals surface area (Å²) in [5.41, 5.74) is 7.18. The Morgan fingerprint density at radius 2 is 2.41 bits per heavy atom. The third-order valence-electron chi connectivity index (χ3n) is 3.20. The number of nitrogens with two attached hydrogens (primary N) is 1. The van der Waals surface area contributed by atoms with E-state index in [0.717, 1.165) is 5.69 Å². The van der Waals surface area contributed by atoms with E-state index in [1.165, 1.54) is 12.8 Å². The van der Waals surface area contributed by atoms with Gasteiger partial charge in [0.1, 0.15) is 5.69 Å². The number of aromatic nitrogens is 2. The van der Waals surface area contributed by atoms with Crippen LogP contribution in [0.5, 0.6) is 0 Å². The Bertz CT molecular complexity index is 409. The first-order valence-electron chi connectivity index (χ1n) is 6.21. The van der Waals surface area contributed by atoms with Crippen LogP contribution in [-0.4, -0.2) is 28.3 Å². The van der Waals surface area contributed by atoms with Gasteiger partial charge >= 0.3 is 0 Å². The molecule has 0 spiro atoms. The summed E-state index contributed by atoms with van der Waals surface area (Å²) in [7, 11) is 0. The van der Waals surface area contributed by atoms with Crippen LogP contribution >= 0.6 is 0 Å². The Kier molecular flexibility index (Phi) is 3.47. The molecule has 3 N–H and O–H groups in total. The van der Waals surface area contributed by atoms with Crippen molar-refractivity contribution in [2.24, 2.45) is 11.7 Å². The highest BCUT2D eigenvalue weighted by Gasteiger charge is 2.31. The molecule has 1 fully saturated rings. The second-order valence-corrected chi connectivity index (χ2v) is 4.64. The van der Waals surface area contributed by atoms with E-state index < -0.39 is 0 Å². The lowest BCUT2D eigenvalue weighted by atomic mass is 10.2. The lowest BCUT2D eigenvalue weighted by Crippen LogP contribution is -2.42. The number of nitrogens with zero attached hydrogens (tertiary/aromatic N) is 2. The van der Waals surface area contributed by atoms with Gasteiger partial charge in [-0.25, -0.2) is 0 Å². The Morgan fingerprint density at radius 1 is 1.71 bits per heavy atom. The lowest BCUT2D eigenvalue weighted by Gasteiger charge is -2.16. The van der Waals surface area contributed by atoms with Gasteiger partial charge in [-0.05, 0) is 38.7 Å². The molecule has 17 heavy (non-hydrogen) atoms. The quantitative estimate of drug-likeness (QED) is 0.789. The second kappa shape index (κ2) is 4.87. The molecule has 1 saturated carbocycles. The summed E-state index contributed by atoms with van der Waals surface area (Å²) in [4.78, 5) is 12.1. The summed E-state index contributed by atoms with van der Waals surface area (Å²) in [6.45, 7) is 5.08. The van der Waals surface area contributed by atoms with Gasteiger partial charge in [0.15, 0.2) is 0 Å². The topological polar surface area (TPSA) is 72.9 Å². The molecule has 1 unspecified atom stereocenters. The molecular formula is C12H20N4O. The summed E-state index contributed by atoms with van der Waals surface area (Å²) in [5.74, 6) is 0.512. The molecule has 1 amide bonds. The fraction of sp³-hybridized carbons (Fsp3) is 0.667. The average molecular weight is 236 g/mol. The maximum Gasteiger partial charge on any atom is 0.269 e. The van der Waals surface area contributed by atoms with E-state index in [1.807, 2.05) is 19.9 Å². The number of carbonyl (C=O) groups is 1. The van der Waals surface area contributed by atoms with Crippen molar-refractivity contribution < 1.29 is 4.79 Å². The molecule has 1 atom stereocenters. The Morgan fingerprint density at radius 3 is 2.94 bits per heavy atom. The molecule has 1 aromatic rings. The molecule has 94 valence electrons. The predicted octanol–water partition coefficient (Wildman–Crippen LogP) is 0.679. The summed E-state index contributed by atoms with van der Waals surface area (Å²) in [6, 6.07) is 1.93. The zero-order valence-corrected chi connectivity index (χ0v) is 10.4. The zero-order valence-electron chi connectivity index (χ0n) is 10.4. The predicted molar refractivity (Wildman–Crippen MR) is 65.7 cm³/mol. The number of aryl methyl sites for hydroxylation is 2. The molecule has 5 nitrogen and oxygen atoms in total. The van der Waals surface area contributed by atoms with Gasteiger partial charge in [-0.1, -0.05) is 0 Å². The Hall–Kier alpha value is -1.36. The average Bonchev–Trinajstić information content (AvgIpc) is 3.08. The van der Waals surface area contributed by atoms with E-state index in [1.54, 1.807) is 4.68 Å². The maximum atomic E-state index is 12.1. The molecule has 2 rings (SSSR count). The van der Waals surface area contributed by atoms with Gasteiger partial charge in [-0.3, -0.25) is 9.48 Å². The van der Waals surface area contributed by atoms with Gasteiger partial charge in [0, 0.05) is 19.1 Å². The highest BCUT2D eigenvalue weighted by molar-refractivity contribution is 5.92. The first kappa shape index (κ1) is 12.1. The third-order valence-corrected chi connectivity index (χ3v) is 3.20. The highest BCUT2D eigenvalue weighted by atomic mass is 16.2. The fourth-order valence-electron chi connectivity index (χ4n) is 2.08. The largest absolute Gasteiger partial charge is 0.346 e. The minimum Gasteiger partial charge on any atom is -0.346 e. The molecule has 1 heterocycles. The molecule has 0 aliphatic heterocycles. The van der Waals surface area contributed by atoms with Gasteiger partial charge < -0.3 is 11.1 Å². The minimum absolute atomic E-state index is 0.0604. The van der Waals surface area contributed by atoms with Crippen LogP contribution in [0.15, 0.2) is 6.07 Å². The van der Waals surface area contributed by atoms with E-state index in [0.29, 0.717) is 24.7 Å². The molecule has 0 radical (unpaired) electrons. The first-order chi connectivity index (χ1) is 8.15. The number of hydrogen-bond acceptors (Lipinski definition) is 3. The van der Waals surface area contributed by atoms with Crippen LogP contribution in [-0.2, 0) is 6.54 Å². The standard InChI is InChI=1S/C12H20N4O/c1-3-16-11(6-8(2)15-16)12(17)14-10(7-13)9-4-5-9/h6,9-10H,3-5,7,13H2,1-2H3,(H,14,17). The van der Waals surface area contributed by atoms with Gasteiger partial charge in [0.2, 0.25) is 0 Å². The van der Waals surface area contributed by atoms with E-state index in [2.05, 4.69) is 10.4 Å². The molecule has 1 aromatic heterocycles. The summed E-state index contributed by atoms with van der Waals surface area (Å²) >= 11 is 0. The van der Waals surface area contributed by atoms with Gasteiger partial charge in [0.05, 0.1) is 5.69 Å². The highest BCUT2D eigenvalue weighted by Crippen LogP contribution is 2.32. The molecule has 1 aliphatic rings. The summed E-state index contributed by atoms with van der Waals surface area (Å²) < 4.78 is 1.73. The number of hydrogen-bond donors (Lipinski definition) is 2. The van der Waals surface area contributed by atoms with Crippen LogP contribution in [0.1, 0.15) is 35.9 Å². The van der Waals surface area contributed by atoms with Crippen molar-refractivity contribution in [2.75, 3.05) is 6.54 Å². The number of rotatable bonds is 5. The number of carbonyl (C=O) groups excluding carboxylic acids is 1. The summed E-state index contributed by atoms with van der Waals surface area (Å²) in [6.07, 6.45) is 2.35. The first-order valence-corrected chi connectivity index (χ1v) is 6.21. The van der Waals surface area contributed by atoms with Crippen LogP contribution < -0.4 is 11.1 Å². The number of nitrogens with one attached hydrogen (secondary N) is 1. The van der Waals surface area contributed by atoms with Gasteiger partial charge in [-0.15, -0.1) is 0 Å². The van der Waals surface area contributed by atoms with Crippen LogP contribution in [0.25, 0.3) is 0 Å². The fourth-order valence-corrected chi connectivity index (χ4v) is 2.08. The molecular weight excluding hydrogens is 216 g/mol. The van der Waals surface area contributed by atoms with E-state index in [4.69, 9.17) is 5.73 Å². The van der Waals surface area contributed by atoms with Crippen LogP contribution in [0.3, 0.4) is 0 Å². The molecule has 5 heteroatoms. The van der Waals surface area contributed by atoms with Gasteiger partial charge in [-0.2, -0.15) is 5.10 Å². The molecule has 0 bridgehead atoms. The molecule has 1 aliphatic carbocycles. The SMILES string of the molecule is CCn1nc(C)cc1C(=O)NC(CN)C1CC1. The van der Waals surface area contributed by atoms with Crippen molar-refractivity contribution in [1.29, 1.82) is 0 Å². The monoisotopic (exact) mass is 236 g/mol.